The van der Waals surface area contributed by atoms with Gasteiger partial charge in [0.25, 0.3) is 0 Å². The Kier molecular flexibility index (Phi) is 8.00. The molecule has 0 spiro atoms. The van der Waals surface area contributed by atoms with Crippen molar-refractivity contribution in [1.29, 1.82) is 5.26 Å². The molecule has 3 heterocycles. The molecule has 2 aromatic carbocycles. The molecule has 2 fully saturated rings. The van der Waals surface area contributed by atoms with E-state index in [2.05, 4.69) is 46.2 Å². The van der Waals surface area contributed by atoms with E-state index >= 15 is 4.39 Å². The summed E-state index contributed by atoms with van der Waals surface area (Å²) in [4.78, 5) is 10.8. The smallest absolute Gasteiger partial charge is 0.201 e. The number of nitrogens with zero attached hydrogens (tertiary/aromatic N) is 6. The number of likely N-dealkylation sites (tertiary alicyclic amines) is 1. The highest BCUT2D eigenvalue weighted by Crippen LogP contribution is 2.39. The molecule has 4 aromatic rings. The van der Waals surface area contributed by atoms with Crippen LogP contribution in [-0.2, 0) is 0 Å². The second-order valence-electron chi connectivity index (χ2n) is 11.8. The zero-order valence-electron chi connectivity index (χ0n) is 24.5. The average molecular weight is 603 g/mol. The van der Waals surface area contributed by atoms with Gasteiger partial charge in [0, 0.05) is 41.9 Å². The van der Waals surface area contributed by atoms with E-state index in [1.807, 2.05) is 0 Å². The Balaban J connectivity index is 1.27. The number of anilines is 1. The van der Waals surface area contributed by atoms with Crippen LogP contribution in [0.4, 0.5) is 19.0 Å². The molecule has 12 heteroatoms. The molecule has 0 radical (unpaired) electrons. The molecular weight excluding hydrogens is 569 g/mol. The number of nitrogen functional groups attached to an aromatic ring is 1. The first kappa shape index (κ1) is 29.6. The lowest BCUT2D eigenvalue weighted by molar-refractivity contribution is 0.185. The van der Waals surface area contributed by atoms with Crippen LogP contribution >= 0.6 is 0 Å². The third-order valence-electron chi connectivity index (χ3n) is 8.04. The van der Waals surface area contributed by atoms with Crippen molar-refractivity contribution in [3.8, 4) is 28.8 Å². The number of ether oxygens (including phenoxy) is 1. The number of hydrogen-bond donors (Lipinski definition) is 2. The first-order valence-corrected chi connectivity index (χ1v) is 14.7. The molecule has 228 valence electrons. The van der Waals surface area contributed by atoms with Crippen LogP contribution in [0, 0.1) is 28.8 Å². The van der Waals surface area contributed by atoms with Crippen molar-refractivity contribution in [1.82, 2.24) is 30.0 Å². The molecule has 2 aliphatic rings. The molecular formula is C32H33F3N8O. The van der Waals surface area contributed by atoms with Gasteiger partial charge in [0.15, 0.2) is 17.2 Å². The minimum absolute atomic E-state index is 0.00967. The Hall–Kier alpha value is -4.47. The summed E-state index contributed by atoms with van der Waals surface area (Å²) in [6.45, 7) is 6.20. The summed E-state index contributed by atoms with van der Waals surface area (Å²) in [7, 11) is 0. The fourth-order valence-corrected chi connectivity index (χ4v) is 5.98. The third-order valence-corrected chi connectivity index (χ3v) is 8.04. The Labute approximate surface area is 253 Å². The van der Waals surface area contributed by atoms with E-state index in [0.717, 1.165) is 49.9 Å². The summed E-state index contributed by atoms with van der Waals surface area (Å²) in [5, 5.41) is 18.7. The number of nitrogens with one attached hydrogen (secondary N) is 1. The van der Waals surface area contributed by atoms with Gasteiger partial charge in [-0.3, -0.25) is 4.90 Å². The fourth-order valence-electron chi connectivity index (χ4n) is 5.98. The SMILES string of the molecule is CC(C)NC1(C=C(C#N)CN2CCCC(n3nc(-c4ccc(Oc5cccc(F)c5F)cc4F)c4c(N)ncnc43)C2)CC1. The standard InChI is InChI=1S/C32H33F3N8O/c1-19(2)40-32(10-11-32)14-20(15-36)16-42-12-4-5-21(17-42)43-31-27(30(37)38-18-39-31)29(41-43)23-9-8-22(13-25(23)34)44-26-7-3-6-24(33)28(26)35/h3,6-9,13-14,18-19,21,40H,4-5,10-12,16-17H2,1-2H3,(H2,37,38,39). The average Bonchev–Trinajstić information content (AvgIpc) is 3.62. The van der Waals surface area contributed by atoms with Gasteiger partial charge in [-0.1, -0.05) is 19.9 Å². The van der Waals surface area contributed by atoms with Gasteiger partial charge in [0.05, 0.1) is 17.5 Å². The van der Waals surface area contributed by atoms with Crippen LogP contribution in [0.1, 0.15) is 45.6 Å². The van der Waals surface area contributed by atoms with Crippen LogP contribution in [-0.4, -0.2) is 55.9 Å². The van der Waals surface area contributed by atoms with Crippen LogP contribution in [0.25, 0.3) is 22.3 Å². The van der Waals surface area contributed by atoms with Gasteiger partial charge in [-0.25, -0.2) is 23.4 Å². The maximum atomic E-state index is 15.6. The number of benzene rings is 2. The molecule has 44 heavy (non-hydrogen) atoms. The lowest BCUT2D eigenvalue weighted by Crippen LogP contribution is -2.39. The van der Waals surface area contributed by atoms with Crippen LogP contribution in [0.3, 0.4) is 0 Å². The van der Waals surface area contributed by atoms with E-state index in [1.54, 1.807) is 4.68 Å². The van der Waals surface area contributed by atoms with Gasteiger partial charge >= 0.3 is 0 Å². The maximum absolute atomic E-state index is 15.6. The number of fused-ring (bicyclic) bond motifs is 1. The van der Waals surface area contributed by atoms with Gasteiger partial charge in [-0.05, 0) is 62.6 Å². The summed E-state index contributed by atoms with van der Waals surface area (Å²) in [6.07, 6.45) is 7.18. The lowest BCUT2D eigenvalue weighted by Gasteiger charge is -2.33. The minimum atomic E-state index is -1.16. The number of piperidine rings is 1. The number of aromatic nitrogens is 4. The molecule has 2 aromatic heterocycles. The highest BCUT2D eigenvalue weighted by atomic mass is 19.2. The molecule has 3 N–H and O–H groups in total. The Bertz CT molecular complexity index is 1780. The Morgan fingerprint density at radius 1 is 1.20 bits per heavy atom. The van der Waals surface area contributed by atoms with Crippen molar-refractivity contribution in [3.05, 3.63) is 71.8 Å². The van der Waals surface area contributed by atoms with Gasteiger partial charge in [0.1, 0.15) is 29.4 Å². The molecule has 9 nitrogen and oxygen atoms in total. The summed E-state index contributed by atoms with van der Waals surface area (Å²) in [6, 6.07) is 10.2. The summed E-state index contributed by atoms with van der Waals surface area (Å²) in [5.74, 6) is -3.12. The Morgan fingerprint density at radius 3 is 2.75 bits per heavy atom. The number of nitrogens with two attached hydrogens (primary N) is 1. The molecule has 1 saturated carbocycles. The number of halogens is 3. The number of hydrogen-bond acceptors (Lipinski definition) is 8. The van der Waals surface area contributed by atoms with Crippen molar-refractivity contribution >= 4 is 16.9 Å². The predicted octanol–water partition coefficient (Wildman–Crippen LogP) is 5.90. The first-order chi connectivity index (χ1) is 21.2. The highest BCUT2D eigenvalue weighted by Gasteiger charge is 2.41. The topological polar surface area (TPSA) is 118 Å². The van der Waals surface area contributed by atoms with Crippen molar-refractivity contribution in [2.75, 3.05) is 25.4 Å². The number of nitriles is 1. The van der Waals surface area contributed by atoms with E-state index in [0.29, 0.717) is 30.2 Å². The minimum Gasteiger partial charge on any atom is -0.454 e. The molecule has 6 rings (SSSR count). The second kappa shape index (κ2) is 11.9. The van der Waals surface area contributed by atoms with Crippen LogP contribution in [0.15, 0.2) is 54.4 Å². The fraction of sp³-hybridized carbons (Fsp3) is 0.375. The summed E-state index contributed by atoms with van der Waals surface area (Å²) < 4.78 is 50.5. The molecule has 0 bridgehead atoms. The molecule has 1 aliphatic heterocycles. The highest BCUT2D eigenvalue weighted by molar-refractivity contribution is 5.98. The van der Waals surface area contributed by atoms with Crippen molar-refractivity contribution < 1.29 is 17.9 Å². The van der Waals surface area contributed by atoms with E-state index in [1.165, 1.54) is 30.6 Å². The molecule has 1 unspecified atom stereocenters. The van der Waals surface area contributed by atoms with Gasteiger partial charge in [-0.15, -0.1) is 0 Å². The normalized spacial score (nSPS) is 18.5. The maximum Gasteiger partial charge on any atom is 0.201 e. The van der Waals surface area contributed by atoms with E-state index in [9.17, 15) is 14.0 Å². The van der Waals surface area contributed by atoms with E-state index in [4.69, 9.17) is 15.6 Å². The van der Waals surface area contributed by atoms with Crippen molar-refractivity contribution in [2.24, 2.45) is 0 Å². The summed E-state index contributed by atoms with van der Waals surface area (Å²) in [5.41, 5.74) is 7.80. The second-order valence-corrected chi connectivity index (χ2v) is 11.8. The number of rotatable bonds is 9. The molecule has 1 atom stereocenters. The van der Waals surface area contributed by atoms with Crippen molar-refractivity contribution in [3.63, 3.8) is 0 Å². The molecule has 0 amide bonds. The van der Waals surface area contributed by atoms with Crippen LogP contribution in [0.5, 0.6) is 11.5 Å². The van der Waals surface area contributed by atoms with Crippen LogP contribution < -0.4 is 15.8 Å². The monoisotopic (exact) mass is 602 g/mol. The first-order valence-electron chi connectivity index (χ1n) is 14.7. The summed E-state index contributed by atoms with van der Waals surface area (Å²) >= 11 is 0. The predicted molar refractivity (Wildman–Crippen MR) is 160 cm³/mol. The van der Waals surface area contributed by atoms with Gasteiger partial charge in [0.2, 0.25) is 5.82 Å². The zero-order valence-corrected chi connectivity index (χ0v) is 24.5. The zero-order chi connectivity index (χ0) is 31.0. The Morgan fingerprint density at radius 2 is 2.02 bits per heavy atom. The van der Waals surface area contributed by atoms with Gasteiger partial charge < -0.3 is 15.8 Å². The quantitative estimate of drug-likeness (QED) is 0.227. The van der Waals surface area contributed by atoms with Crippen LogP contribution in [0.2, 0.25) is 0 Å². The van der Waals surface area contributed by atoms with E-state index < -0.39 is 17.5 Å². The van der Waals surface area contributed by atoms with Gasteiger partial charge in [-0.2, -0.15) is 14.8 Å². The molecule has 1 saturated heterocycles. The van der Waals surface area contributed by atoms with E-state index in [-0.39, 0.29) is 40.2 Å². The third kappa shape index (κ3) is 5.98. The largest absolute Gasteiger partial charge is 0.454 e. The lowest BCUT2D eigenvalue weighted by atomic mass is 10.0. The van der Waals surface area contributed by atoms with Crippen molar-refractivity contribution in [2.45, 2.75) is 57.2 Å². The molecule has 1 aliphatic carbocycles.